The van der Waals surface area contributed by atoms with Crippen molar-refractivity contribution >= 4 is 29.1 Å². The SMILES string of the molecule is COCC(=O)Nc1cccc(NC(=O)CNC(=O)c2cc(F)cc(F)c2)c1. The third kappa shape index (κ3) is 6.48. The van der Waals surface area contributed by atoms with Crippen LogP contribution in [0, 0.1) is 11.6 Å². The van der Waals surface area contributed by atoms with Crippen molar-refractivity contribution in [3.8, 4) is 0 Å². The number of carbonyl (C=O) groups excluding carboxylic acids is 3. The first-order valence-corrected chi connectivity index (χ1v) is 7.80. The molecule has 0 aromatic heterocycles. The molecule has 0 radical (unpaired) electrons. The molecule has 3 N–H and O–H groups in total. The van der Waals surface area contributed by atoms with Gasteiger partial charge in [0.2, 0.25) is 11.8 Å². The van der Waals surface area contributed by atoms with Gasteiger partial charge in [-0.05, 0) is 30.3 Å². The van der Waals surface area contributed by atoms with E-state index in [0.29, 0.717) is 17.4 Å². The average Bonchev–Trinajstić information content (AvgIpc) is 2.59. The second-order valence-corrected chi connectivity index (χ2v) is 5.45. The highest BCUT2D eigenvalue weighted by Gasteiger charge is 2.11. The number of carbonyl (C=O) groups is 3. The summed E-state index contributed by atoms with van der Waals surface area (Å²) in [5, 5.41) is 7.38. The molecule has 2 aromatic carbocycles. The molecular weight excluding hydrogens is 360 g/mol. The number of amides is 3. The Morgan fingerprint density at radius 1 is 0.926 bits per heavy atom. The van der Waals surface area contributed by atoms with Crippen LogP contribution in [0.3, 0.4) is 0 Å². The fourth-order valence-electron chi connectivity index (χ4n) is 2.16. The molecule has 0 saturated carbocycles. The lowest BCUT2D eigenvalue weighted by Gasteiger charge is -2.09. The zero-order chi connectivity index (χ0) is 19.8. The van der Waals surface area contributed by atoms with Crippen molar-refractivity contribution in [3.63, 3.8) is 0 Å². The molecule has 2 aromatic rings. The van der Waals surface area contributed by atoms with Crippen LogP contribution < -0.4 is 16.0 Å². The van der Waals surface area contributed by atoms with E-state index in [0.717, 1.165) is 12.1 Å². The number of halogens is 2. The van der Waals surface area contributed by atoms with E-state index in [-0.39, 0.29) is 18.1 Å². The van der Waals surface area contributed by atoms with Crippen molar-refractivity contribution in [1.82, 2.24) is 5.32 Å². The monoisotopic (exact) mass is 377 g/mol. The topological polar surface area (TPSA) is 96.5 Å². The molecule has 0 aliphatic carbocycles. The van der Waals surface area contributed by atoms with Gasteiger partial charge < -0.3 is 20.7 Å². The number of hydrogen-bond donors (Lipinski definition) is 3. The predicted octanol–water partition coefficient (Wildman–Crippen LogP) is 1.92. The van der Waals surface area contributed by atoms with Crippen molar-refractivity contribution in [3.05, 3.63) is 59.7 Å². The lowest BCUT2D eigenvalue weighted by atomic mass is 10.2. The zero-order valence-electron chi connectivity index (χ0n) is 14.3. The predicted molar refractivity (Wildman–Crippen MR) is 94.3 cm³/mol. The van der Waals surface area contributed by atoms with Crippen LogP contribution in [0.1, 0.15) is 10.4 Å². The zero-order valence-corrected chi connectivity index (χ0v) is 14.3. The van der Waals surface area contributed by atoms with Gasteiger partial charge in [0.1, 0.15) is 18.2 Å². The third-order valence-electron chi connectivity index (χ3n) is 3.24. The first kappa shape index (κ1) is 20.0. The molecule has 3 amide bonds. The molecule has 9 heteroatoms. The minimum atomic E-state index is -0.892. The Hall–Kier alpha value is -3.33. The number of ether oxygens (including phenoxy) is 1. The molecule has 27 heavy (non-hydrogen) atoms. The Morgan fingerprint density at radius 2 is 1.52 bits per heavy atom. The minimum Gasteiger partial charge on any atom is -0.375 e. The van der Waals surface area contributed by atoms with Crippen LogP contribution in [0.25, 0.3) is 0 Å². The second-order valence-electron chi connectivity index (χ2n) is 5.45. The van der Waals surface area contributed by atoms with Crippen LogP contribution in [0.15, 0.2) is 42.5 Å². The summed E-state index contributed by atoms with van der Waals surface area (Å²) >= 11 is 0. The Kier molecular flexibility index (Phi) is 6.95. The van der Waals surface area contributed by atoms with Crippen LogP contribution in [-0.4, -0.2) is 38.0 Å². The number of anilines is 2. The van der Waals surface area contributed by atoms with E-state index in [1.165, 1.54) is 13.2 Å². The van der Waals surface area contributed by atoms with Gasteiger partial charge in [-0.3, -0.25) is 14.4 Å². The number of methoxy groups -OCH3 is 1. The highest BCUT2D eigenvalue weighted by atomic mass is 19.1. The standard InChI is InChI=1S/C18H17F2N3O4/c1-27-10-17(25)23-15-4-2-3-14(8-15)22-16(24)9-21-18(26)11-5-12(19)7-13(20)6-11/h2-8H,9-10H2,1H3,(H,21,26)(H,22,24)(H,23,25). The summed E-state index contributed by atoms with van der Waals surface area (Å²) in [7, 11) is 1.39. The van der Waals surface area contributed by atoms with Gasteiger partial charge in [-0.2, -0.15) is 0 Å². The van der Waals surface area contributed by atoms with Crippen molar-refractivity contribution in [1.29, 1.82) is 0 Å². The summed E-state index contributed by atoms with van der Waals surface area (Å²) in [4.78, 5) is 35.3. The molecule has 0 bridgehead atoms. The van der Waals surface area contributed by atoms with Gasteiger partial charge in [0.05, 0.1) is 6.54 Å². The molecule has 142 valence electrons. The highest BCUT2D eigenvalue weighted by Crippen LogP contribution is 2.15. The fraction of sp³-hybridized carbons (Fsp3) is 0.167. The van der Waals surface area contributed by atoms with Crippen molar-refractivity contribution in [2.24, 2.45) is 0 Å². The summed E-state index contributed by atoms with van der Waals surface area (Å²) in [6.07, 6.45) is 0. The van der Waals surface area contributed by atoms with Crippen molar-refractivity contribution in [2.45, 2.75) is 0 Å². The molecular formula is C18H17F2N3O4. The fourth-order valence-corrected chi connectivity index (χ4v) is 2.16. The number of hydrogen-bond acceptors (Lipinski definition) is 4. The van der Waals surface area contributed by atoms with Crippen LogP contribution >= 0.6 is 0 Å². The maximum atomic E-state index is 13.1. The molecule has 0 spiro atoms. The highest BCUT2D eigenvalue weighted by molar-refractivity contribution is 5.99. The molecule has 0 aliphatic rings. The summed E-state index contributed by atoms with van der Waals surface area (Å²) in [6, 6.07) is 8.73. The van der Waals surface area contributed by atoms with Gasteiger partial charge in [-0.25, -0.2) is 8.78 Å². The first-order valence-electron chi connectivity index (χ1n) is 7.80. The molecule has 0 saturated heterocycles. The smallest absolute Gasteiger partial charge is 0.251 e. The lowest BCUT2D eigenvalue weighted by molar-refractivity contribution is -0.119. The lowest BCUT2D eigenvalue weighted by Crippen LogP contribution is -2.33. The molecule has 0 aliphatic heterocycles. The van der Waals surface area contributed by atoms with E-state index in [9.17, 15) is 23.2 Å². The maximum absolute atomic E-state index is 13.1. The van der Waals surface area contributed by atoms with Gasteiger partial charge in [0, 0.05) is 30.1 Å². The van der Waals surface area contributed by atoms with E-state index in [1.807, 2.05) is 0 Å². The molecule has 0 atom stereocenters. The Labute approximate surface area is 153 Å². The second kappa shape index (κ2) is 9.39. The largest absolute Gasteiger partial charge is 0.375 e. The average molecular weight is 377 g/mol. The quantitative estimate of drug-likeness (QED) is 0.687. The summed E-state index contributed by atoms with van der Waals surface area (Å²) in [5.74, 6) is -3.48. The molecule has 0 fully saturated rings. The van der Waals surface area contributed by atoms with Gasteiger partial charge >= 0.3 is 0 Å². The van der Waals surface area contributed by atoms with E-state index in [4.69, 9.17) is 4.74 Å². The van der Waals surface area contributed by atoms with Gasteiger partial charge in [-0.15, -0.1) is 0 Å². The molecule has 0 unspecified atom stereocenters. The summed E-state index contributed by atoms with van der Waals surface area (Å²) in [5.41, 5.74) is 0.610. The van der Waals surface area contributed by atoms with Gasteiger partial charge in [0.15, 0.2) is 0 Å². The Bertz CT molecular complexity index is 838. The van der Waals surface area contributed by atoms with Crippen LogP contribution in [-0.2, 0) is 14.3 Å². The van der Waals surface area contributed by atoms with Gasteiger partial charge in [-0.1, -0.05) is 6.07 Å². The normalized spacial score (nSPS) is 10.2. The maximum Gasteiger partial charge on any atom is 0.251 e. The van der Waals surface area contributed by atoms with E-state index < -0.39 is 30.0 Å². The summed E-state index contributed by atoms with van der Waals surface area (Å²) < 4.78 is 30.9. The van der Waals surface area contributed by atoms with E-state index in [2.05, 4.69) is 16.0 Å². The van der Waals surface area contributed by atoms with Gasteiger partial charge in [0.25, 0.3) is 5.91 Å². The number of rotatable bonds is 7. The van der Waals surface area contributed by atoms with E-state index >= 15 is 0 Å². The summed E-state index contributed by atoms with van der Waals surface area (Å²) in [6.45, 7) is -0.513. The number of benzene rings is 2. The Balaban J connectivity index is 1.90. The first-order chi connectivity index (χ1) is 12.9. The Morgan fingerprint density at radius 3 is 2.11 bits per heavy atom. The molecule has 7 nitrogen and oxygen atoms in total. The van der Waals surface area contributed by atoms with Crippen molar-refractivity contribution < 1.29 is 27.9 Å². The van der Waals surface area contributed by atoms with Crippen LogP contribution in [0.5, 0.6) is 0 Å². The number of nitrogens with one attached hydrogen (secondary N) is 3. The molecule has 2 rings (SSSR count). The van der Waals surface area contributed by atoms with Crippen LogP contribution in [0.2, 0.25) is 0 Å². The third-order valence-corrected chi connectivity index (χ3v) is 3.24. The van der Waals surface area contributed by atoms with E-state index in [1.54, 1.807) is 18.2 Å². The van der Waals surface area contributed by atoms with Crippen molar-refractivity contribution in [2.75, 3.05) is 30.9 Å². The molecule has 0 heterocycles. The minimum absolute atomic E-state index is 0.108. The van der Waals surface area contributed by atoms with Crippen LogP contribution in [0.4, 0.5) is 20.2 Å².